The smallest absolute Gasteiger partial charge is 0.169 e. The molecule has 5 rings (SSSR count). The summed E-state index contributed by atoms with van der Waals surface area (Å²) in [5, 5.41) is 8.10. The van der Waals surface area contributed by atoms with E-state index >= 15 is 0 Å². The van der Waals surface area contributed by atoms with Crippen LogP contribution in [0.25, 0.3) is 5.69 Å². The normalized spacial score (nSPS) is 16.0. The average Bonchev–Trinajstić information content (AvgIpc) is 3.38. The lowest BCUT2D eigenvalue weighted by molar-refractivity contribution is 0.0960. The highest BCUT2D eigenvalue weighted by Crippen LogP contribution is 2.38. The Kier molecular flexibility index (Phi) is 4.05. The van der Waals surface area contributed by atoms with Gasteiger partial charge in [0.15, 0.2) is 11.6 Å². The lowest BCUT2D eigenvalue weighted by Crippen LogP contribution is -2.20. The van der Waals surface area contributed by atoms with E-state index in [1.165, 1.54) is 0 Å². The predicted octanol–water partition coefficient (Wildman–Crippen LogP) is 5.12. The first-order valence-electron chi connectivity index (χ1n) is 9.35. The molecule has 28 heavy (non-hydrogen) atoms. The molecule has 1 aliphatic carbocycles. The van der Waals surface area contributed by atoms with E-state index in [2.05, 4.69) is 5.32 Å². The van der Waals surface area contributed by atoms with Gasteiger partial charge >= 0.3 is 0 Å². The molecule has 0 aliphatic heterocycles. The first-order valence-corrected chi connectivity index (χ1v) is 9.35. The van der Waals surface area contributed by atoms with E-state index in [1.54, 1.807) is 6.26 Å². The van der Waals surface area contributed by atoms with Crippen LogP contribution in [0.5, 0.6) is 0 Å². The Morgan fingerprint density at radius 2 is 1.68 bits per heavy atom. The van der Waals surface area contributed by atoms with E-state index in [9.17, 15) is 4.79 Å². The van der Waals surface area contributed by atoms with Crippen LogP contribution >= 0.6 is 0 Å². The number of Topliss-reactive ketones (excluding diaryl/α,β-unsaturated/α-hetero) is 1. The molecular formula is C23H19N3O2. The summed E-state index contributed by atoms with van der Waals surface area (Å²) in [4.78, 5) is 13.1. The first kappa shape index (κ1) is 16.6. The highest BCUT2D eigenvalue weighted by atomic mass is 16.3. The molecule has 1 atom stereocenters. The molecule has 0 saturated carbocycles. The Hall–Kier alpha value is -3.60. The van der Waals surface area contributed by atoms with E-state index in [1.807, 2.05) is 77.5 Å². The standard InChI is InChI=1S/C23H19N3O2/c27-20-15-16(21-12-7-13-28-21)14-19-22(20)23(24-17-8-3-1-4-9-17)25-26(19)18-10-5-2-6-11-18/h1-13,16H,14-15H2,(H,24,25). The number of nitrogens with zero attached hydrogens (tertiary/aromatic N) is 2. The Labute approximate surface area is 162 Å². The van der Waals surface area contributed by atoms with Gasteiger partial charge in [-0.25, -0.2) is 4.68 Å². The number of fused-ring (bicyclic) bond motifs is 1. The Morgan fingerprint density at radius 3 is 2.39 bits per heavy atom. The van der Waals surface area contributed by atoms with Crippen molar-refractivity contribution in [3.63, 3.8) is 0 Å². The number of ketones is 1. The minimum atomic E-state index is 0.0266. The SMILES string of the molecule is O=C1CC(c2ccco2)Cc2c1c(Nc1ccccc1)nn2-c1ccccc1. The Morgan fingerprint density at radius 1 is 0.929 bits per heavy atom. The number of nitrogens with one attached hydrogen (secondary N) is 1. The van der Waals surface area contributed by atoms with Gasteiger partial charge in [-0.3, -0.25) is 4.79 Å². The number of benzene rings is 2. The molecule has 0 spiro atoms. The van der Waals surface area contributed by atoms with Crippen molar-refractivity contribution < 1.29 is 9.21 Å². The molecule has 2 aromatic heterocycles. The molecule has 4 aromatic rings. The second-order valence-electron chi connectivity index (χ2n) is 6.95. The molecule has 2 heterocycles. The Balaban J connectivity index is 1.62. The van der Waals surface area contributed by atoms with Crippen LogP contribution in [-0.4, -0.2) is 15.6 Å². The molecule has 1 N–H and O–H groups in total. The lowest BCUT2D eigenvalue weighted by atomic mass is 9.85. The maximum Gasteiger partial charge on any atom is 0.169 e. The number of hydrogen-bond acceptors (Lipinski definition) is 4. The number of carbonyl (C=O) groups excluding carboxylic acids is 1. The van der Waals surface area contributed by atoms with Gasteiger partial charge < -0.3 is 9.73 Å². The van der Waals surface area contributed by atoms with Crippen LogP contribution in [0.4, 0.5) is 11.5 Å². The minimum absolute atomic E-state index is 0.0266. The monoisotopic (exact) mass is 369 g/mol. The van der Waals surface area contributed by atoms with E-state index in [0.29, 0.717) is 24.2 Å². The molecule has 5 heteroatoms. The summed E-state index contributed by atoms with van der Waals surface area (Å²) in [6.45, 7) is 0. The van der Waals surface area contributed by atoms with Crippen LogP contribution in [0.1, 0.15) is 34.2 Å². The molecule has 0 bridgehead atoms. The third-order valence-electron chi connectivity index (χ3n) is 5.11. The van der Waals surface area contributed by atoms with Crippen molar-refractivity contribution >= 4 is 17.3 Å². The van der Waals surface area contributed by atoms with Crippen molar-refractivity contribution in [1.82, 2.24) is 9.78 Å². The van der Waals surface area contributed by atoms with Crippen molar-refractivity contribution in [2.75, 3.05) is 5.32 Å². The van der Waals surface area contributed by atoms with Crippen LogP contribution in [0, 0.1) is 0 Å². The van der Waals surface area contributed by atoms with Gasteiger partial charge in [0.25, 0.3) is 0 Å². The molecule has 5 nitrogen and oxygen atoms in total. The maximum absolute atomic E-state index is 13.1. The van der Waals surface area contributed by atoms with Crippen LogP contribution < -0.4 is 5.32 Å². The highest BCUT2D eigenvalue weighted by Gasteiger charge is 2.34. The predicted molar refractivity (Wildman–Crippen MR) is 107 cm³/mol. The Bertz CT molecular complexity index is 1100. The molecule has 0 radical (unpaired) electrons. The van der Waals surface area contributed by atoms with Gasteiger partial charge in [-0.2, -0.15) is 0 Å². The summed E-state index contributed by atoms with van der Waals surface area (Å²) >= 11 is 0. The van der Waals surface area contributed by atoms with E-state index in [4.69, 9.17) is 9.52 Å². The van der Waals surface area contributed by atoms with E-state index in [-0.39, 0.29) is 11.7 Å². The minimum Gasteiger partial charge on any atom is -0.469 e. The van der Waals surface area contributed by atoms with Crippen molar-refractivity contribution in [2.45, 2.75) is 18.8 Å². The molecule has 0 saturated heterocycles. The number of hydrogen-bond donors (Lipinski definition) is 1. The van der Waals surface area contributed by atoms with Gasteiger partial charge in [-0.05, 0) is 36.4 Å². The van der Waals surface area contributed by atoms with Crippen molar-refractivity contribution in [3.8, 4) is 5.69 Å². The summed E-state index contributed by atoms with van der Waals surface area (Å²) in [7, 11) is 0. The third-order valence-corrected chi connectivity index (χ3v) is 5.11. The zero-order valence-electron chi connectivity index (χ0n) is 15.2. The van der Waals surface area contributed by atoms with Crippen LogP contribution in [0.3, 0.4) is 0 Å². The topological polar surface area (TPSA) is 60.1 Å². The molecule has 0 fully saturated rings. The number of aromatic nitrogens is 2. The largest absolute Gasteiger partial charge is 0.469 e. The third kappa shape index (κ3) is 2.91. The van der Waals surface area contributed by atoms with Crippen molar-refractivity contribution in [3.05, 3.63) is 96.1 Å². The average molecular weight is 369 g/mol. The van der Waals surface area contributed by atoms with E-state index in [0.717, 1.165) is 22.8 Å². The van der Waals surface area contributed by atoms with Gasteiger partial charge in [0, 0.05) is 24.4 Å². The quantitative estimate of drug-likeness (QED) is 0.542. The molecule has 2 aromatic carbocycles. The number of furan rings is 1. The lowest BCUT2D eigenvalue weighted by Gasteiger charge is -2.21. The fourth-order valence-corrected chi connectivity index (χ4v) is 3.82. The number of anilines is 2. The molecular weight excluding hydrogens is 350 g/mol. The zero-order chi connectivity index (χ0) is 18.9. The van der Waals surface area contributed by atoms with Gasteiger partial charge in [0.1, 0.15) is 5.76 Å². The van der Waals surface area contributed by atoms with Crippen LogP contribution in [-0.2, 0) is 6.42 Å². The molecule has 1 unspecified atom stereocenters. The fraction of sp³-hybridized carbons (Fsp3) is 0.130. The molecule has 1 aliphatic rings. The van der Waals surface area contributed by atoms with Gasteiger partial charge in [0.05, 0.1) is 23.2 Å². The van der Waals surface area contributed by atoms with Crippen LogP contribution in [0.15, 0.2) is 83.5 Å². The summed E-state index contributed by atoms with van der Waals surface area (Å²) in [6, 6.07) is 23.5. The second-order valence-corrected chi connectivity index (χ2v) is 6.95. The van der Waals surface area contributed by atoms with Crippen molar-refractivity contribution in [1.29, 1.82) is 0 Å². The summed E-state index contributed by atoms with van der Waals surface area (Å²) in [5.41, 5.74) is 3.44. The first-order chi connectivity index (χ1) is 13.8. The van der Waals surface area contributed by atoms with Gasteiger partial charge in [0.2, 0.25) is 0 Å². The van der Waals surface area contributed by atoms with Crippen LogP contribution in [0.2, 0.25) is 0 Å². The highest BCUT2D eigenvalue weighted by molar-refractivity contribution is 6.03. The zero-order valence-corrected chi connectivity index (χ0v) is 15.2. The summed E-state index contributed by atoms with van der Waals surface area (Å²) in [5.74, 6) is 1.56. The maximum atomic E-state index is 13.1. The molecule has 0 amide bonds. The fourth-order valence-electron chi connectivity index (χ4n) is 3.82. The van der Waals surface area contributed by atoms with E-state index < -0.39 is 0 Å². The second kappa shape index (κ2) is 6.85. The van der Waals surface area contributed by atoms with Gasteiger partial charge in [-0.15, -0.1) is 5.10 Å². The van der Waals surface area contributed by atoms with Gasteiger partial charge in [-0.1, -0.05) is 36.4 Å². The number of rotatable bonds is 4. The molecule has 138 valence electrons. The van der Waals surface area contributed by atoms with Crippen molar-refractivity contribution in [2.24, 2.45) is 0 Å². The number of carbonyl (C=O) groups is 1. The number of para-hydroxylation sites is 2. The summed E-state index contributed by atoms with van der Waals surface area (Å²) in [6.07, 6.45) is 2.78. The summed E-state index contributed by atoms with van der Waals surface area (Å²) < 4.78 is 7.47.